The molecule has 2 aromatic heterocycles. The number of hydrogen-bond donors (Lipinski definition) is 1. The smallest absolute Gasteiger partial charge is 0.123 e. The van der Waals surface area contributed by atoms with Crippen LogP contribution in [0.15, 0.2) is 36.5 Å². The lowest BCUT2D eigenvalue weighted by atomic mass is 10.1. The minimum Gasteiger partial charge on any atom is -0.315 e. The van der Waals surface area contributed by atoms with Gasteiger partial charge in [0.2, 0.25) is 0 Å². The van der Waals surface area contributed by atoms with Crippen molar-refractivity contribution in [2.75, 3.05) is 7.05 Å². The zero-order valence-corrected chi connectivity index (χ0v) is 13.4. The Morgan fingerprint density at radius 3 is 2.86 bits per heavy atom. The zero-order chi connectivity index (χ0) is 14.8. The summed E-state index contributed by atoms with van der Waals surface area (Å²) in [4.78, 5) is 10.6. The number of hydrogen-bond acceptors (Lipinski definition) is 4. The molecule has 0 bridgehead atoms. The summed E-state index contributed by atoms with van der Waals surface area (Å²) in [7, 11) is 1.98. The highest BCUT2D eigenvalue weighted by Gasteiger charge is 2.15. The molecule has 0 aliphatic heterocycles. The van der Waals surface area contributed by atoms with E-state index in [1.807, 2.05) is 19.3 Å². The minimum absolute atomic E-state index is 0.445. The quantitative estimate of drug-likeness (QED) is 0.784. The average Bonchev–Trinajstić information content (AvgIpc) is 2.91. The monoisotopic (exact) mass is 297 g/mol. The lowest BCUT2D eigenvalue weighted by molar-refractivity contribution is 0.771. The third-order valence-corrected chi connectivity index (χ3v) is 4.58. The molecule has 4 heteroatoms. The van der Waals surface area contributed by atoms with Gasteiger partial charge in [-0.1, -0.05) is 19.9 Å². The summed E-state index contributed by atoms with van der Waals surface area (Å²) >= 11 is 1.78. The van der Waals surface area contributed by atoms with Crippen molar-refractivity contribution >= 4 is 22.2 Å². The van der Waals surface area contributed by atoms with Crippen LogP contribution in [0, 0.1) is 0 Å². The molecule has 0 atom stereocenters. The first-order valence-electron chi connectivity index (χ1n) is 7.18. The van der Waals surface area contributed by atoms with Gasteiger partial charge in [-0.3, -0.25) is 4.98 Å². The molecule has 0 amide bonds. The Labute approximate surface area is 129 Å². The van der Waals surface area contributed by atoms with Crippen LogP contribution in [0.1, 0.15) is 30.3 Å². The topological polar surface area (TPSA) is 37.8 Å². The maximum atomic E-state index is 4.86. The zero-order valence-electron chi connectivity index (χ0n) is 12.6. The second-order valence-corrected chi connectivity index (χ2v) is 6.51. The number of rotatable bonds is 4. The molecule has 0 aliphatic rings. The van der Waals surface area contributed by atoms with Gasteiger partial charge in [0.15, 0.2) is 0 Å². The van der Waals surface area contributed by atoms with Crippen LogP contribution in [0.3, 0.4) is 0 Å². The van der Waals surface area contributed by atoms with E-state index in [1.54, 1.807) is 11.3 Å². The Balaban J connectivity index is 2.07. The first-order valence-corrected chi connectivity index (χ1v) is 8.00. The molecule has 0 spiro atoms. The van der Waals surface area contributed by atoms with Crippen molar-refractivity contribution in [1.29, 1.82) is 0 Å². The lowest BCUT2D eigenvalue weighted by Crippen LogP contribution is -2.06. The highest BCUT2D eigenvalue weighted by Crippen LogP contribution is 2.32. The Morgan fingerprint density at radius 2 is 2.10 bits per heavy atom. The number of thiazole rings is 1. The van der Waals surface area contributed by atoms with E-state index in [-0.39, 0.29) is 0 Å². The summed E-state index contributed by atoms with van der Waals surface area (Å²) in [5.41, 5.74) is 3.40. The van der Waals surface area contributed by atoms with Crippen LogP contribution in [-0.4, -0.2) is 17.0 Å². The fraction of sp³-hybridized carbons (Fsp3) is 0.294. The van der Waals surface area contributed by atoms with Crippen LogP contribution in [0.2, 0.25) is 0 Å². The molecule has 0 aliphatic carbocycles. The largest absolute Gasteiger partial charge is 0.315 e. The van der Waals surface area contributed by atoms with Gasteiger partial charge in [-0.15, -0.1) is 11.3 Å². The standard InChI is InChI=1S/C17H19N3S/c1-11(2)16-15(10-18-3)21-17(20-16)13-6-7-14-12(9-13)5-4-8-19-14/h4-9,11,18H,10H2,1-3H3. The first kappa shape index (κ1) is 14.2. The van der Waals surface area contributed by atoms with Crippen LogP contribution in [0.5, 0.6) is 0 Å². The number of nitrogens with one attached hydrogen (secondary N) is 1. The first-order chi connectivity index (χ1) is 10.2. The summed E-state index contributed by atoms with van der Waals surface area (Å²) in [5.74, 6) is 0.445. The van der Waals surface area contributed by atoms with Crippen molar-refractivity contribution in [1.82, 2.24) is 15.3 Å². The van der Waals surface area contributed by atoms with E-state index < -0.39 is 0 Å². The predicted octanol–water partition coefficient (Wildman–Crippen LogP) is 4.20. The molecular formula is C17H19N3S. The second-order valence-electron chi connectivity index (χ2n) is 5.42. The summed E-state index contributed by atoms with van der Waals surface area (Å²) in [5, 5.41) is 5.49. The van der Waals surface area contributed by atoms with Crippen molar-refractivity contribution in [3.63, 3.8) is 0 Å². The lowest BCUT2D eigenvalue weighted by Gasteiger charge is -2.03. The van der Waals surface area contributed by atoms with Crippen molar-refractivity contribution in [2.24, 2.45) is 0 Å². The van der Waals surface area contributed by atoms with E-state index in [9.17, 15) is 0 Å². The van der Waals surface area contributed by atoms with Gasteiger partial charge in [-0.25, -0.2) is 4.98 Å². The van der Waals surface area contributed by atoms with Crippen molar-refractivity contribution in [2.45, 2.75) is 26.3 Å². The normalized spacial score (nSPS) is 11.4. The molecule has 3 nitrogen and oxygen atoms in total. The van der Waals surface area contributed by atoms with Gasteiger partial charge in [0.25, 0.3) is 0 Å². The van der Waals surface area contributed by atoms with Crippen LogP contribution in [-0.2, 0) is 6.54 Å². The molecule has 3 rings (SSSR count). The van der Waals surface area contributed by atoms with Gasteiger partial charge < -0.3 is 5.32 Å². The maximum absolute atomic E-state index is 4.86. The molecule has 21 heavy (non-hydrogen) atoms. The summed E-state index contributed by atoms with van der Waals surface area (Å²) < 4.78 is 0. The number of benzene rings is 1. The van der Waals surface area contributed by atoms with Gasteiger partial charge in [0.1, 0.15) is 5.01 Å². The highest BCUT2D eigenvalue weighted by atomic mass is 32.1. The van der Waals surface area contributed by atoms with Crippen LogP contribution >= 0.6 is 11.3 Å². The van der Waals surface area contributed by atoms with Gasteiger partial charge in [0.05, 0.1) is 11.2 Å². The van der Waals surface area contributed by atoms with Crippen molar-refractivity contribution in [3.8, 4) is 10.6 Å². The van der Waals surface area contributed by atoms with Crippen LogP contribution in [0.4, 0.5) is 0 Å². The third-order valence-electron chi connectivity index (χ3n) is 3.46. The molecular weight excluding hydrogens is 278 g/mol. The maximum Gasteiger partial charge on any atom is 0.123 e. The van der Waals surface area contributed by atoms with E-state index in [4.69, 9.17) is 4.98 Å². The average molecular weight is 297 g/mol. The molecule has 0 unspecified atom stereocenters. The summed E-state index contributed by atoms with van der Waals surface area (Å²) in [6.07, 6.45) is 1.83. The van der Waals surface area contributed by atoms with E-state index in [2.05, 4.69) is 48.4 Å². The fourth-order valence-electron chi connectivity index (χ4n) is 2.43. The van der Waals surface area contributed by atoms with Gasteiger partial charge in [0, 0.05) is 28.6 Å². The molecule has 0 fully saturated rings. The SMILES string of the molecule is CNCc1sc(-c2ccc3ncccc3c2)nc1C(C)C. The predicted molar refractivity (Wildman–Crippen MR) is 89.7 cm³/mol. The Hall–Kier alpha value is -1.78. The summed E-state index contributed by atoms with van der Waals surface area (Å²) in [6.45, 7) is 5.27. The van der Waals surface area contributed by atoms with Gasteiger partial charge >= 0.3 is 0 Å². The van der Waals surface area contributed by atoms with Crippen LogP contribution in [0.25, 0.3) is 21.5 Å². The van der Waals surface area contributed by atoms with Gasteiger partial charge in [-0.2, -0.15) is 0 Å². The highest BCUT2D eigenvalue weighted by molar-refractivity contribution is 7.15. The van der Waals surface area contributed by atoms with E-state index >= 15 is 0 Å². The second kappa shape index (κ2) is 5.92. The number of aromatic nitrogens is 2. The summed E-state index contributed by atoms with van der Waals surface area (Å²) in [6, 6.07) is 10.4. The van der Waals surface area contributed by atoms with Crippen molar-refractivity contribution < 1.29 is 0 Å². The minimum atomic E-state index is 0.445. The molecule has 0 radical (unpaired) electrons. The molecule has 1 N–H and O–H groups in total. The number of pyridine rings is 1. The fourth-order valence-corrected chi connectivity index (χ4v) is 3.66. The third kappa shape index (κ3) is 2.82. The molecule has 0 saturated heterocycles. The van der Waals surface area contributed by atoms with Crippen molar-refractivity contribution in [3.05, 3.63) is 47.1 Å². The van der Waals surface area contributed by atoms with E-state index in [1.165, 1.54) is 16.1 Å². The number of nitrogens with zero attached hydrogens (tertiary/aromatic N) is 2. The van der Waals surface area contributed by atoms with Gasteiger partial charge in [-0.05, 0) is 37.2 Å². The molecule has 0 saturated carbocycles. The molecule has 108 valence electrons. The molecule has 3 aromatic rings. The Bertz CT molecular complexity index is 762. The van der Waals surface area contributed by atoms with E-state index in [0.29, 0.717) is 5.92 Å². The van der Waals surface area contributed by atoms with E-state index in [0.717, 1.165) is 22.5 Å². The molecule has 2 heterocycles. The number of fused-ring (bicyclic) bond motifs is 1. The molecule has 1 aromatic carbocycles. The van der Waals surface area contributed by atoms with Crippen LogP contribution < -0.4 is 5.32 Å². The Kier molecular flexibility index (Phi) is 3.99. The Morgan fingerprint density at radius 1 is 1.24 bits per heavy atom.